The summed E-state index contributed by atoms with van der Waals surface area (Å²) in [7, 11) is 0. The molecule has 0 bridgehead atoms. The van der Waals surface area contributed by atoms with Crippen molar-refractivity contribution in [2.75, 3.05) is 25.0 Å². The molecular formula is C25H30FN5O. The first-order chi connectivity index (χ1) is 15.5. The zero-order chi connectivity index (χ0) is 22.5. The summed E-state index contributed by atoms with van der Waals surface area (Å²) < 4.78 is 14.7. The van der Waals surface area contributed by atoms with Crippen LogP contribution in [-0.4, -0.2) is 51.7 Å². The Morgan fingerprint density at radius 1 is 1.12 bits per heavy atom. The molecule has 0 aliphatic carbocycles. The summed E-state index contributed by atoms with van der Waals surface area (Å²) in [6.07, 6.45) is 2.41. The van der Waals surface area contributed by atoms with Crippen LogP contribution in [-0.2, 0) is 13.0 Å². The Morgan fingerprint density at radius 3 is 2.72 bits per heavy atom. The minimum absolute atomic E-state index is 0.253. The normalized spacial score (nSPS) is 19.1. The van der Waals surface area contributed by atoms with Crippen LogP contribution in [0, 0.1) is 5.82 Å². The number of nitrogens with zero attached hydrogens (tertiary/aromatic N) is 3. The molecule has 3 aromatic rings. The first-order valence-corrected chi connectivity index (χ1v) is 11.1. The van der Waals surface area contributed by atoms with Gasteiger partial charge in [-0.05, 0) is 61.7 Å². The Kier molecular flexibility index (Phi) is 6.97. The molecule has 3 N–H and O–H groups in total. The van der Waals surface area contributed by atoms with Crippen LogP contribution in [0.2, 0.25) is 0 Å². The molecule has 1 aliphatic rings. The molecule has 0 unspecified atom stereocenters. The number of benzene rings is 2. The number of rotatable bonds is 7. The third kappa shape index (κ3) is 5.60. The number of anilines is 1. The molecule has 7 heteroatoms. The van der Waals surface area contributed by atoms with Crippen molar-refractivity contribution in [2.24, 2.45) is 0 Å². The summed E-state index contributed by atoms with van der Waals surface area (Å²) >= 11 is 0. The number of hydrogen-bond acceptors (Lipinski definition) is 6. The van der Waals surface area contributed by atoms with E-state index in [1.54, 1.807) is 24.4 Å². The molecule has 2 atom stereocenters. The molecular weight excluding hydrogens is 405 g/mol. The van der Waals surface area contributed by atoms with E-state index in [0.29, 0.717) is 35.8 Å². The minimum Gasteiger partial charge on any atom is -0.508 e. The lowest BCUT2D eigenvalue weighted by atomic mass is 10.0. The number of aromatic nitrogens is 2. The molecule has 168 valence electrons. The van der Waals surface area contributed by atoms with Gasteiger partial charge in [0.15, 0.2) is 0 Å². The maximum Gasteiger partial charge on any atom is 0.223 e. The fraction of sp³-hybridized carbons (Fsp3) is 0.360. The molecule has 0 amide bonds. The van der Waals surface area contributed by atoms with Crippen molar-refractivity contribution in [2.45, 2.75) is 38.9 Å². The van der Waals surface area contributed by atoms with Crippen LogP contribution in [0.25, 0.3) is 11.3 Å². The average molecular weight is 436 g/mol. The summed E-state index contributed by atoms with van der Waals surface area (Å²) in [6, 6.07) is 15.0. The molecule has 2 heterocycles. The second-order valence-electron chi connectivity index (χ2n) is 8.51. The predicted octanol–water partition coefficient (Wildman–Crippen LogP) is 3.83. The number of hydrogen-bond donors (Lipinski definition) is 3. The molecule has 32 heavy (non-hydrogen) atoms. The Morgan fingerprint density at radius 2 is 1.91 bits per heavy atom. The molecule has 1 aliphatic heterocycles. The molecule has 0 radical (unpaired) electrons. The summed E-state index contributed by atoms with van der Waals surface area (Å²) in [6.45, 7) is 7.74. The highest BCUT2D eigenvalue weighted by atomic mass is 19.1. The SMILES string of the molecule is C[C@@H]1CN(Cc2ccc(F)c(-c3ccnc(NCCc4ccc(O)cc4)n3)c2)[C@@H](C)CN1. The van der Waals surface area contributed by atoms with Gasteiger partial charge in [0.2, 0.25) is 5.95 Å². The van der Waals surface area contributed by atoms with E-state index in [1.807, 2.05) is 24.3 Å². The summed E-state index contributed by atoms with van der Waals surface area (Å²) in [5, 5.41) is 16.1. The van der Waals surface area contributed by atoms with Crippen molar-refractivity contribution in [1.82, 2.24) is 20.2 Å². The largest absolute Gasteiger partial charge is 0.508 e. The summed E-state index contributed by atoms with van der Waals surface area (Å²) in [5.74, 6) is 0.433. The van der Waals surface area contributed by atoms with Crippen LogP contribution in [0.4, 0.5) is 10.3 Å². The van der Waals surface area contributed by atoms with Crippen molar-refractivity contribution in [3.8, 4) is 17.0 Å². The van der Waals surface area contributed by atoms with Gasteiger partial charge in [-0.25, -0.2) is 14.4 Å². The second kappa shape index (κ2) is 10.1. The number of halogens is 1. The van der Waals surface area contributed by atoms with Crippen LogP contribution in [0.5, 0.6) is 5.75 Å². The second-order valence-corrected chi connectivity index (χ2v) is 8.51. The van der Waals surface area contributed by atoms with E-state index < -0.39 is 0 Å². The van der Waals surface area contributed by atoms with Gasteiger partial charge >= 0.3 is 0 Å². The van der Waals surface area contributed by atoms with Gasteiger partial charge < -0.3 is 15.7 Å². The van der Waals surface area contributed by atoms with Crippen molar-refractivity contribution in [3.63, 3.8) is 0 Å². The summed E-state index contributed by atoms with van der Waals surface area (Å²) in [4.78, 5) is 11.2. The zero-order valence-electron chi connectivity index (χ0n) is 18.6. The van der Waals surface area contributed by atoms with Gasteiger partial charge in [0, 0.05) is 50.0 Å². The molecule has 1 fully saturated rings. The molecule has 2 aromatic carbocycles. The average Bonchev–Trinajstić information content (AvgIpc) is 2.79. The van der Waals surface area contributed by atoms with E-state index in [-0.39, 0.29) is 11.6 Å². The lowest BCUT2D eigenvalue weighted by Gasteiger charge is -2.37. The van der Waals surface area contributed by atoms with Gasteiger partial charge in [0.05, 0.1) is 5.69 Å². The molecule has 1 aromatic heterocycles. The highest BCUT2D eigenvalue weighted by Crippen LogP contribution is 2.24. The van der Waals surface area contributed by atoms with Crippen LogP contribution in [0.3, 0.4) is 0 Å². The van der Waals surface area contributed by atoms with Crippen molar-refractivity contribution in [1.29, 1.82) is 0 Å². The fourth-order valence-electron chi connectivity index (χ4n) is 3.99. The molecule has 6 nitrogen and oxygen atoms in total. The van der Waals surface area contributed by atoms with Crippen LogP contribution in [0.15, 0.2) is 54.7 Å². The quantitative estimate of drug-likeness (QED) is 0.524. The standard InChI is InChI=1S/C25H30FN5O/c1-17-15-31(18(2)14-29-17)16-20-5-8-23(26)22(13-20)24-10-12-28-25(30-24)27-11-9-19-3-6-21(32)7-4-19/h3-8,10,12-13,17-18,29,32H,9,11,14-16H2,1-2H3,(H,27,28,30)/t17-,18+/m1/s1. The van der Waals surface area contributed by atoms with Gasteiger partial charge in [-0.2, -0.15) is 0 Å². The van der Waals surface area contributed by atoms with Crippen LogP contribution >= 0.6 is 0 Å². The highest BCUT2D eigenvalue weighted by molar-refractivity contribution is 5.61. The predicted molar refractivity (Wildman–Crippen MR) is 125 cm³/mol. The lowest BCUT2D eigenvalue weighted by Crippen LogP contribution is -2.53. The Balaban J connectivity index is 1.44. The van der Waals surface area contributed by atoms with Gasteiger partial charge in [0.1, 0.15) is 11.6 Å². The molecule has 4 rings (SSSR count). The fourth-order valence-corrected chi connectivity index (χ4v) is 3.99. The Labute approximate surface area is 188 Å². The first-order valence-electron chi connectivity index (χ1n) is 11.1. The van der Waals surface area contributed by atoms with E-state index in [4.69, 9.17) is 0 Å². The van der Waals surface area contributed by atoms with Crippen LogP contribution < -0.4 is 10.6 Å². The van der Waals surface area contributed by atoms with Crippen LogP contribution in [0.1, 0.15) is 25.0 Å². The van der Waals surface area contributed by atoms with Crippen molar-refractivity contribution >= 4 is 5.95 Å². The van der Waals surface area contributed by atoms with Gasteiger partial charge in [-0.15, -0.1) is 0 Å². The smallest absolute Gasteiger partial charge is 0.223 e. The molecule has 1 saturated heterocycles. The lowest BCUT2D eigenvalue weighted by molar-refractivity contribution is 0.139. The number of aromatic hydroxyl groups is 1. The number of phenols is 1. The Bertz CT molecular complexity index is 1040. The topological polar surface area (TPSA) is 73.3 Å². The van der Waals surface area contributed by atoms with Crippen molar-refractivity contribution < 1.29 is 9.50 Å². The van der Waals surface area contributed by atoms with E-state index in [2.05, 4.69) is 39.3 Å². The van der Waals surface area contributed by atoms with E-state index in [9.17, 15) is 9.50 Å². The number of piperazine rings is 1. The van der Waals surface area contributed by atoms with Crippen molar-refractivity contribution in [3.05, 3.63) is 71.7 Å². The third-order valence-electron chi connectivity index (χ3n) is 5.87. The monoisotopic (exact) mass is 435 g/mol. The molecule has 0 spiro atoms. The first kappa shape index (κ1) is 22.2. The van der Waals surface area contributed by atoms with Gasteiger partial charge in [-0.1, -0.05) is 18.2 Å². The zero-order valence-corrected chi connectivity index (χ0v) is 18.6. The molecule has 0 saturated carbocycles. The number of phenolic OH excluding ortho intramolecular Hbond substituents is 1. The number of nitrogens with one attached hydrogen (secondary N) is 2. The highest BCUT2D eigenvalue weighted by Gasteiger charge is 2.22. The Hall–Kier alpha value is -3.03. The van der Waals surface area contributed by atoms with E-state index in [1.165, 1.54) is 6.07 Å². The van der Waals surface area contributed by atoms with Gasteiger partial charge in [-0.3, -0.25) is 4.90 Å². The third-order valence-corrected chi connectivity index (χ3v) is 5.87. The summed E-state index contributed by atoms with van der Waals surface area (Å²) in [5.41, 5.74) is 3.22. The van der Waals surface area contributed by atoms with E-state index in [0.717, 1.165) is 37.2 Å². The minimum atomic E-state index is -0.288. The van der Waals surface area contributed by atoms with Gasteiger partial charge in [0.25, 0.3) is 0 Å². The maximum absolute atomic E-state index is 14.7. The maximum atomic E-state index is 14.7. The van der Waals surface area contributed by atoms with E-state index >= 15 is 0 Å².